The number of rotatable bonds is 6. The Morgan fingerprint density at radius 1 is 1.38 bits per heavy atom. The molecular formula is C16H22ClN3O. The molecule has 4 nitrogen and oxygen atoms in total. The standard InChI is InChI=1S/C16H22ClN3O/c17-15-8-11(16(18)21)3-4-12(15)9-20(14-5-6-14)10-13-2-1-7-19-13/h3-4,8,13-14,19H,1-2,5-7,9-10H2,(H2,18,21). The lowest BCUT2D eigenvalue weighted by Crippen LogP contribution is -2.38. The van der Waals surface area contributed by atoms with Gasteiger partial charge in [-0.2, -0.15) is 0 Å². The average molecular weight is 308 g/mol. The van der Waals surface area contributed by atoms with E-state index in [4.69, 9.17) is 17.3 Å². The third kappa shape index (κ3) is 3.76. The predicted molar refractivity (Wildman–Crippen MR) is 84.4 cm³/mol. The van der Waals surface area contributed by atoms with Crippen LogP contribution in [0.4, 0.5) is 0 Å². The Kier molecular flexibility index (Phi) is 4.48. The number of carbonyl (C=O) groups is 1. The monoisotopic (exact) mass is 307 g/mol. The van der Waals surface area contributed by atoms with E-state index in [1.807, 2.05) is 6.07 Å². The Hall–Kier alpha value is -1.10. The van der Waals surface area contributed by atoms with Crippen molar-refractivity contribution in [2.75, 3.05) is 13.1 Å². The second-order valence-corrected chi connectivity index (χ2v) is 6.53. The fraction of sp³-hybridized carbons (Fsp3) is 0.562. The van der Waals surface area contributed by atoms with Crippen LogP contribution in [0.1, 0.15) is 41.6 Å². The van der Waals surface area contributed by atoms with E-state index in [2.05, 4.69) is 10.2 Å². The first-order chi connectivity index (χ1) is 10.1. The van der Waals surface area contributed by atoms with Crippen LogP contribution < -0.4 is 11.1 Å². The Morgan fingerprint density at radius 3 is 2.76 bits per heavy atom. The van der Waals surface area contributed by atoms with Gasteiger partial charge in [0.25, 0.3) is 0 Å². The fourth-order valence-electron chi connectivity index (χ4n) is 3.03. The van der Waals surface area contributed by atoms with Crippen molar-refractivity contribution < 1.29 is 4.79 Å². The zero-order valence-corrected chi connectivity index (χ0v) is 12.9. The molecule has 114 valence electrons. The molecule has 0 aromatic heterocycles. The van der Waals surface area contributed by atoms with Gasteiger partial charge in [0.15, 0.2) is 0 Å². The lowest BCUT2D eigenvalue weighted by molar-refractivity contribution is 0.100. The number of carbonyl (C=O) groups excluding carboxylic acids is 1. The first kappa shape index (κ1) is 14.8. The molecule has 5 heteroatoms. The van der Waals surface area contributed by atoms with Crippen molar-refractivity contribution in [1.82, 2.24) is 10.2 Å². The molecule has 3 N–H and O–H groups in total. The highest BCUT2D eigenvalue weighted by Crippen LogP contribution is 2.30. The second kappa shape index (κ2) is 6.34. The third-order valence-electron chi connectivity index (χ3n) is 4.39. The lowest BCUT2D eigenvalue weighted by Gasteiger charge is -2.26. The molecule has 2 fully saturated rings. The number of nitrogens with two attached hydrogens (primary N) is 1. The lowest BCUT2D eigenvalue weighted by atomic mass is 10.1. The van der Waals surface area contributed by atoms with Crippen LogP contribution >= 0.6 is 11.6 Å². The largest absolute Gasteiger partial charge is 0.366 e. The van der Waals surface area contributed by atoms with E-state index in [-0.39, 0.29) is 0 Å². The normalized spacial score (nSPS) is 21.9. The summed E-state index contributed by atoms with van der Waals surface area (Å²) in [4.78, 5) is 13.7. The Labute approximate surface area is 130 Å². The molecule has 21 heavy (non-hydrogen) atoms. The first-order valence-electron chi connectivity index (χ1n) is 7.69. The van der Waals surface area contributed by atoms with E-state index < -0.39 is 5.91 Å². The van der Waals surface area contributed by atoms with Crippen molar-refractivity contribution >= 4 is 17.5 Å². The Bertz CT molecular complexity index is 524. The van der Waals surface area contributed by atoms with Gasteiger partial charge in [-0.05, 0) is 49.9 Å². The molecule has 3 rings (SSSR count). The Morgan fingerprint density at radius 2 is 2.19 bits per heavy atom. The van der Waals surface area contributed by atoms with Crippen LogP contribution in [0.25, 0.3) is 0 Å². The summed E-state index contributed by atoms with van der Waals surface area (Å²) in [5, 5.41) is 4.19. The van der Waals surface area contributed by atoms with Gasteiger partial charge in [-0.1, -0.05) is 17.7 Å². The molecule has 0 radical (unpaired) electrons. The summed E-state index contributed by atoms with van der Waals surface area (Å²) in [6, 6.07) is 6.68. The van der Waals surface area contributed by atoms with Crippen LogP contribution in [0.3, 0.4) is 0 Å². The highest BCUT2D eigenvalue weighted by Gasteiger charge is 2.31. The zero-order chi connectivity index (χ0) is 14.8. The van der Waals surface area contributed by atoms with Gasteiger partial charge < -0.3 is 11.1 Å². The molecule has 1 atom stereocenters. The Balaban J connectivity index is 1.68. The van der Waals surface area contributed by atoms with Crippen LogP contribution in [-0.2, 0) is 6.54 Å². The molecule has 0 bridgehead atoms. The van der Waals surface area contributed by atoms with Crippen LogP contribution in [0.5, 0.6) is 0 Å². The van der Waals surface area contributed by atoms with Gasteiger partial charge >= 0.3 is 0 Å². The molecule has 1 saturated heterocycles. The van der Waals surface area contributed by atoms with E-state index in [9.17, 15) is 4.79 Å². The number of amides is 1. The molecule has 1 aromatic carbocycles. The van der Waals surface area contributed by atoms with Crippen molar-refractivity contribution in [1.29, 1.82) is 0 Å². The maximum Gasteiger partial charge on any atom is 0.248 e. The van der Waals surface area contributed by atoms with Crippen molar-refractivity contribution in [3.8, 4) is 0 Å². The van der Waals surface area contributed by atoms with Crippen LogP contribution in [0.2, 0.25) is 5.02 Å². The topological polar surface area (TPSA) is 58.4 Å². The number of hydrogen-bond acceptors (Lipinski definition) is 3. The van der Waals surface area contributed by atoms with Gasteiger partial charge in [-0.15, -0.1) is 0 Å². The summed E-state index contributed by atoms with van der Waals surface area (Å²) in [7, 11) is 0. The molecule has 1 aliphatic carbocycles. The van der Waals surface area contributed by atoms with Crippen LogP contribution in [-0.4, -0.2) is 36.0 Å². The van der Waals surface area contributed by atoms with Crippen molar-refractivity contribution in [2.45, 2.75) is 44.3 Å². The molecule has 2 aliphatic rings. The highest BCUT2D eigenvalue weighted by atomic mass is 35.5. The SMILES string of the molecule is NC(=O)c1ccc(CN(CC2CCCN2)C2CC2)c(Cl)c1. The van der Waals surface area contributed by atoms with Crippen molar-refractivity contribution in [3.05, 3.63) is 34.3 Å². The molecule has 1 aliphatic heterocycles. The van der Waals surface area contributed by atoms with E-state index in [1.165, 1.54) is 25.7 Å². The van der Waals surface area contributed by atoms with Gasteiger partial charge in [-0.3, -0.25) is 9.69 Å². The van der Waals surface area contributed by atoms with Gasteiger partial charge in [-0.25, -0.2) is 0 Å². The summed E-state index contributed by atoms with van der Waals surface area (Å²) < 4.78 is 0. The van der Waals surface area contributed by atoms with Crippen molar-refractivity contribution in [3.63, 3.8) is 0 Å². The maximum atomic E-state index is 11.2. The summed E-state index contributed by atoms with van der Waals surface area (Å²) >= 11 is 6.31. The molecule has 0 spiro atoms. The van der Waals surface area contributed by atoms with E-state index in [0.29, 0.717) is 22.7 Å². The summed E-state index contributed by atoms with van der Waals surface area (Å²) in [5.74, 6) is -0.433. The molecule has 1 heterocycles. The minimum Gasteiger partial charge on any atom is -0.366 e. The molecular weight excluding hydrogens is 286 g/mol. The summed E-state index contributed by atoms with van der Waals surface area (Å²) in [6.45, 7) is 3.07. The smallest absolute Gasteiger partial charge is 0.248 e. The minimum absolute atomic E-state index is 0.433. The van der Waals surface area contributed by atoms with Gasteiger partial charge in [0.1, 0.15) is 0 Å². The third-order valence-corrected chi connectivity index (χ3v) is 4.74. The quantitative estimate of drug-likeness (QED) is 0.846. The fourth-order valence-corrected chi connectivity index (χ4v) is 3.27. The number of nitrogens with zero attached hydrogens (tertiary/aromatic N) is 1. The van der Waals surface area contributed by atoms with Crippen LogP contribution in [0, 0.1) is 0 Å². The second-order valence-electron chi connectivity index (χ2n) is 6.12. The highest BCUT2D eigenvalue weighted by molar-refractivity contribution is 6.31. The maximum absolute atomic E-state index is 11.2. The summed E-state index contributed by atoms with van der Waals surface area (Å²) in [5.41, 5.74) is 6.83. The molecule has 1 amide bonds. The zero-order valence-electron chi connectivity index (χ0n) is 12.1. The van der Waals surface area contributed by atoms with Crippen molar-refractivity contribution in [2.24, 2.45) is 5.73 Å². The number of hydrogen-bond donors (Lipinski definition) is 2. The number of benzene rings is 1. The molecule has 1 aromatic rings. The molecule has 1 unspecified atom stereocenters. The van der Waals surface area contributed by atoms with E-state index in [1.54, 1.807) is 12.1 Å². The van der Waals surface area contributed by atoms with E-state index >= 15 is 0 Å². The number of primary amides is 1. The number of nitrogens with one attached hydrogen (secondary N) is 1. The molecule has 1 saturated carbocycles. The summed E-state index contributed by atoms with van der Waals surface area (Å²) in [6.07, 6.45) is 5.10. The first-order valence-corrected chi connectivity index (χ1v) is 8.07. The van der Waals surface area contributed by atoms with Gasteiger partial charge in [0.05, 0.1) is 0 Å². The van der Waals surface area contributed by atoms with E-state index in [0.717, 1.165) is 25.2 Å². The van der Waals surface area contributed by atoms with Crippen LogP contribution in [0.15, 0.2) is 18.2 Å². The van der Waals surface area contributed by atoms with Gasteiger partial charge in [0, 0.05) is 35.8 Å². The predicted octanol–water partition coefficient (Wildman–Crippen LogP) is 2.16. The minimum atomic E-state index is -0.433. The van der Waals surface area contributed by atoms with Gasteiger partial charge in [0.2, 0.25) is 5.91 Å². The number of halogens is 1. The average Bonchev–Trinajstić information content (AvgIpc) is 3.18.